The highest BCUT2D eigenvalue weighted by molar-refractivity contribution is 5.98. The third-order valence-corrected chi connectivity index (χ3v) is 5.41. The predicted molar refractivity (Wildman–Crippen MR) is 116 cm³/mol. The summed E-state index contributed by atoms with van der Waals surface area (Å²) in [5.41, 5.74) is -0.687. The van der Waals surface area contributed by atoms with E-state index in [1.165, 1.54) is 12.1 Å². The van der Waals surface area contributed by atoms with Gasteiger partial charge in [0, 0.05) is 26.0 Å². The van der Waals surface area contributed by atoms with Gasteiger partial charge in [0.15, 0.2) is 5.92 Å². The van der Waals surface area contributed by atoms with Crippen molar-refractivity contribution in [2.45, 2.75) is 51.2 Å². The zero-order chi connectivity index (χ0) is 24.4. The average molecular weight is 473 g/mol. The molecule has 0 bridgehead atoms. The Kier molecular flexibility index (Phi) is 10.1. The summed E-state index contributed by atoms with van der Waals surface area (Å²) in [6.07, 6.45) is -4.09. The topological polar surface area (TPSA) is 77.4 Å². The Bertz CT molecular complexity index is 783. The number of alkyl halides is 3. The average Bonchev–Trinajstić information content (AvgIpc) is 3.20. The molecule has 1 aromatic carbocycles. The van der Waals surface area contributed by atoms with Gasteiger partial charge in [0.1, 0.15) is 5.71 Å². The lowest BCUT2D eigenvalue weighted by Crippen LogP contribution is -2.38. The molecule has 7 nitrogen and oxygen atoms in total. The van der Waals surface area contributed by atoms with E-state index in [0.29, 0.717) is 24.9 Å². The fourth-order valence-electron chi connectivity index (χ4n) is 3.91. The molecule has 33 heavy (non-hydrogen) atoms. The molecule has 1 saturated heterocycles. The minimum Gasteiger partial charge on any atom is -0.465 e. The number of hydrogen-bond donors (Lipinski definition) is 0. The van der Waals surface area contributed by atoms with Gasteiger partial charge in [-0.25, -0.2) is 0 Å². The lowest BCUT2D eigenvalue weighted by molar-refractivity contribution is -0.162. The first-order valence-electron chi connectivity index (χ1n) is 11.0. The quantitative estimate of drug-likeness (QED) is 0.276. The van der Waals surface area contributed by atoms with Crippen LogP contribution in [0.3, 0.4) is 0 Å². The van der Waals surface area contributed by atoms with E-state index in [4.69, 9.17) is 14.2 Å². The van der Waals surface area contributed by atoms with E-state index >= 15 is 0 Å². The number of esters is 2. The van der Waals surface area contributed by atoms with Crippen molar-refractivity contribution < 1.29 is 37.0 Å². The van der Waals surface area contributed by atoms with Crippen molar-refractivity contribution in [2.75, 3.05) is 33.5 Å². The van der Waals surface area contributed by atoms with E-state index in [-0.39, 0.29) is 25.9 Å². The van der Waals surface area contributed by atoms with Crippen molar-refractivity contribution in [2.24, 2.45) is 11.0 Å². The van der Waals surface area contributed by atoms with Crippen molar-refractivity contribution >= 4 is 17.7 Å². The minimum absolute atomic E-state index is 0.0249. The van der Waals surface area contributed by atoms with Gasteiger partial charge >= 0.3 is 18.1 Å². The van der Waals surface area contributed by atoms with Crippen molar-refractivity contribution in [3.05, 3.63) is 35.9 Å². The molecule has 0 aliphatic carbocycles. The van der Waals surface area contributed by atoms with Gasteiger partial charge in [-0.1, -0.05) is 30.3 Å². The Hall–Kier alpha value is -2.62. The number of rotatable bonds is 11. The van der Waals surface area contributed by atoms with Crippen LogP contribution in [-0.4, -0.2) is 68.4 Å². The summed E-state index contributed by atoms with van der Waals surface area (Å²) in [6, 6.07) is 7.85. The van der Waals surface area contributed by atoms with E-state index in [1.54, 1.807) is 44.2 Å². The van der Waals surface area contributed by atoms with Gasteiger partial charge in [0.05, 0.1) is 25.9 Å². The second-order valence-corrected chi connectivity index (χ2v) is 7.66. The van der Waals surface area contributed by atoms with Gasteiger partial charge in [0.2, 0.25) is 0 Å². The van der Waals surface area contributed by atoms with Gasteiger partial charge in [-0.2, -0.15) is 18.3 Å². The number of benzene rings is 1. The third-order valence-electron chi connectivity index (χ3n) is 5.41. The summed E-state index contributed by atoms with van der Waals surface area (Å²) in [7, 11) is 1.49. The molecule has 1 aliphatic heterocycles. The van der Waals surface area contributed by atoms with Crippen LogP contribution in [-0.2, 0) is 23.8 Å². The van der Waals surface area contributed by atoms with E-state index in [0.717, 1.165) is 0 Å². The highest BCUT2D eigenvalue weighted by Crippen LogP contribution is 2.35. The molecule has 0 aromatic heterocycles. The maximum absolute atomic E-state index is 14.1. The largest absolute Gasteiger partial charge is 0.465 e. The molecule has 184 valence electrons. The van der Waals surface area contributed by atoms with Gasteiger partial charge in [-0.05, 0) is 32.3 Å². The summed E-state index contributed by atoms with van der Waals surface area (Å²) in [5.74, 6) is -4.59. The SMILES string of the molecule is CCOC(=O)C(C(=O)OCC)[C@@H](C/C(=N\N1CCC[C@H]1COC)C(F)(F)F)c1ccccc1. The minimum atomic E-state index is -4.76. The van der Waals surface area contributed by atoms with Gasteiger partial charge < -0.3 is 14.2 Å². The van der Waals surface area contributed by atoms with E-state index in [1.807, 2.05) is 0 Å². The first-order chi connectivity index (χ1) is 15.7. The first kappa shape index (κ1) is 26.6. The first-order valence-corrected chi connectivity index (χ1v) is 11.0. The molecule has 2 rings (SSSR count). The second kappa shape index (κ2) is 12.6. The molecule has 1 aromatic rings. The Labute approximate surface area is 191 Å². The highest BCUT2D eigenvalue weighted by Gasteiger charge is 2.45. The number of carbonyl (C=O) groups is 2. The number of hydrogen-bond acceptors (Lipinski definition) is 7. The van der Waals surface area contributed by atoms with Crippen molar-refractivity contribution in [1.29, 1.82) is 0 Å². The summed E-state index contributed by atoms with van der Waals surface area (Å²) < 4.78 is 57.5. The van der Waals surface area contributed by atoms with Crippen LogP contribution in [0.4, 0.5) is 13.2 Å². The highest BCUT2D eigenvalue weighted by atomic mass is 19.4. The maximum Gasteiger partial charge on any atom is 0.431 e. The smallest absolute Gasteiger partial charge is 0.431 e. The van der Waals surface area contributed by atoms with Crippen molar-refractivity contribution in [1.82, 2.24) is 5.01 Å². The van der Waals surface area contributed by atoms with Gasteiger partial charge in [-0.15, -0.1) is 0 Å². The summed E-state index contributed by atoms with van der Waals surface area (Å²) in [5, 5.41) is 5.33. The Morgan fingerprint density at radius 3 is 2.24 bits per heavy atom. The fourth-order valence-corrected chi connectivity index (χ4v) is 3.91. The maximum atomic E-state index is 14.1. The Morgan fingerprint density at radius 1 is 1.12 bits per heavy atom. The zero-order valence-electron chi connectivity index (χ0n) is 19.1. The Balaban J connectivity index is 2.51. The van der Waals surface area contributed by atoms with E-state index < -0.39 is 42.1 Å². The predicted octanol–water partition coefficient (Wildman–Crippen LogP) is 3.93. The second-order valence-electron chi connectivity index (χ2n) is 7.66. The number of carbonyl (C=O) groups excluding carboxylic acids is 2. The number of ether oxygens (including phenoxy) is 3. The van der Waals surface area contributed by atoms with Crippen LogP contribution in [0, 0.1) is 5.92 Å². The molecule has 1 heterocycles. The van der Waals surface area contributed by atoms with Crippen molar-refractivity contribution in [3.63, 3.8) is 0 Å². The molecule has 1 fully saturated rings. The molecular formula is C23H31F3N2O5. The van der Waals surface area contributed by atoms with Crippen LogP contribution in [0.2, 0.25) is 0 Å². The normalized spacial score (nSPS) is 17.8. The molecular weight excluding hydrogens is 441 g/mol. The number of hydrazone groups is 1. The molecule has 0 radical (unpaired) electrons. The lowest BCUT2D eigenvalue weighted by Gasteiger charge is -2.28. The van der Waals surface area contributed by atoms with Crippen LogP contribution >= 0.6 is 0 Å². The monoisotopic (exact) mass is 472 g/mol. The molecule has 0 unspecified atom stereocenters. The molecule has 0 amide bonds. The standard InChI is InChI=1S/C23H31F3N2O5/c1-4-32-21(29)20(22(30)33-5-2)18(16-10-7-6-8-11-16)14-19(23(24,25)26)27-28-13-9-12-17(28)15-31-3/h6-8,10-11,17-18,20H,4-5,9,12-15H2,1-3H3/b27-19+/t17-,18-/m0/s1. The molecule has 0 N–H and O–H groups in total. The van der Waals surface area contributed by atoms with Gasteiger partial charge in [0.25, 0.3) is 0 Å². The summed E-state index contributed by atoms with van der Waals surface area (Å²) >= 11 is 0. The number of nitrogens with zero attached hydrogens (tertiary/aromatic N) is 2. The van der Waals surface area contributed by atoms with Crippen LogP contribution < -0.4 is 0 Å². The van der Waals surface area contributed by atoms with Gasteiger partial charge in [-0.3, -0.25) is 14.6 Å². The molecule has 1 aliphatic rings. The van der Waals surface area contributed by atoms with Crippen LogP contribution in [0.15, 0.2) is 35.4 Å². The van der Waals surface area contributed by atoms with Crippen LogP contribution in [0.5, 0.6) is 0 Å². The number of methoxy groups -OCH3 is 1. The lowest BCUT2D eigenvalue weighted by atomic mass is 9.82. The van der Waals surface area contributed by atoms with Crippen LogP contribution in [0.1, 0.15) is 44.6 Å². The fraction of sp³-hybridized carbons (Fsp3) is 0.609. The van der Waals surface area contributed by atoms with E-state index in [9.17, 15) is 22.8 Å². The summed E-state index contributed by atoms with van der Waals surface area (Å²) in [4.78, 5) is 25.4. The molecule has 2 atom stereocenters. The van der Waals surface area contributed by atoms with Crippen molar-refractivity contribution in [3.8, 4) is 0 Å². The third kappa shape index (κ3) is 7.45. The van der Waals surface area contributed by atoms with E-state index in [2.05, 4.69) is 5.10 Å². The zero-order valence-corrected chi connectivity index (χ0v) is 19.1. The van der Waals surface area contributed by atoms with Crippen LogP contribution in [0.25, 0.3) is 0 Å². The molecule has 0 saturated carbocycles. The Morgan fingerprint density at radius 2 is 1.73 bits per heavy atom. The molecule has 0 spiro atoms. The number of halogens is 3. The summed E-state index contributed by atoms with van der Waals surface area (Å²) in [6.45, 7) is 3.69. The molecule has 10 heteroatoms.